The van der Waals surface area contributed by atoms with Gasteiger partial charge in [-0.05, 0) is 67.3 Å². The van der Waals surface area contributed by atoms with E-state index in [2.05, 4.69) is 5.32 Å². The molecule has 1 fully saturated rings. The summed E-state index contributed by atoms with van der Waals surface area (Å²) in [4.78, 5) is 13.8. The number of nitrogens with zero attached hydrogens (tertiary/aromatic N) is 1. The molecule has 1 saturated heterocycles. The standard InChI is InChI=1S/C22H24ClF3N2O4S/c1-33(30,31)19-6-2-4-15(12-19)16-5-3-11-28(13-16)14-20(22(24,25)26)32-21(29)27-18-9-7-17(23)8-10-18/h2,4,6-10,12,16,20H,3,5,11,13-14H2,1H3,(H,27,29). The Bertz CT molecular complexity index is 1080. The van der Waals surface area contributed by atoms with Crippen LogP contribution in [0.25, 0.3) is 0 Å². The molecule has 1 aliphatic heterocycles. The van der Waals surface area contributed by atoms with Gasteiger partial charge in [0.25, 0.3) is 0 Å². The van der Waals surface area contributed by atoms with Crippen molar-refractivity contribution in [2.75, 3.05) is 31.2 Å². The second-order valence-corrected chi connectivity index (χ2v) is 10.5. The summed E-state index contributed by atoms with van der Waals surface area (Å²) in [5, 5.41) is 2.69. The van der Waals surface area contributed by atoms with E-state index in [0.29, 0.717) is 24.5 Å². The maximum Gasteiger partial charge on any atom is 0.426 e. The van der Waals surface area contributed by atoms with Crippen molar-refractivity contribution >= 4 is 33.2 Å². The number of rotatable bonds is 6. The quantitative estimate of drug-likeness (QED) is 0.592. The van der Waals surface area contributed by atoms with Gasteiger partial charge in [-0.3, -0.25) is 10.2 Å². The van der Waals surface area contributed by atoms with Crippen molar-refractivity contribution in [3.05, 3.63) is 59.1 Å². The molecule has 0 aliphatic carbocycles. The highest BCUT2D eigenvalue weighted by molar-refractivity contribution is 7.90. The molecule has 0 saturated carbocycles. The van der Waals surface area contributed by atoms with Gasteiger partial charge in [-0.2, -0.15) is 13.2 Å². The first-order valence-electron chi connectivity index (χ1n) is 10.2. The second-order valence-electron chi connectivity index (χ2n) is 8.01. The maximum atomic E-state index is 13.6. The highest BCUT2D eigenvalue weighted by atomic mass is 35.5. The monoisotopic (exact) mass is 504 g/mol. The normalized spacial score (nSPS) is 18.5. The van der Waals surface area contributed by atoms with Crippen molar-refractivity contribution in [1.82, 2.24) is 4.90 Å². The Morgan fingerprint density at radius 3 is 2.58 bits per heavy atom. The number of nitrogens with one attached hydrogen (secondary N) is 1. The number of piperidine rings is 1. The first-order chi connectivity index (χ1) is 15.4. The van der Waals surface area contributed by atoms with Gasteiger partial charge in [-0.1, -0.05) is 23.7 Å². The van der Waals surface area contributed by atoms with Gasteiger partial charge in [-0.25, -0.2) is 13.2 Å². The van der Waals surface area contributed by atoms with Gasteiger partial charge < -0.3 is 4.74 Å². The third-order valence-electron chi connectivity index (χ3n) is 5.39. The number of sulfone groups is 1. The molecule has 2 aromatic rings. The van der Waals surface area contributed by atoms with E-state index in [-0.39, 0.29) is 16.5 Å². The number of anilines is 1. The van der Waals surface area contributed by atoms with Crippen molar-refractivity contribution in [1.29, 1.82) is 0 Å². The predicted molar refractivity (Wildman–Crippen MR) is 119 cm³/mol. The van der Waals surface area contributed by atoms with E-state index in [4.69, 9.17) is 16.3 Å². The lowest BCUT2D eigenvalue weighted by molar-refractivity contribution is -0.207. The van der Waals surface area contributed by atoms with Crippen LogP contribution in [0.15, 0.2) is 53.4 Å². The Morgan fingerprint density at radius 2 is 1.94 bits per heavy atom. The number of carbonyl (C=O) groups is 1. The molecule has 33 heavy (non-hydrogen) atoms. The number of alkyl halides is 3. The van der Waals surface area contributed by atoms with E-state index < -0.39 is 34.8 Å². The number of benzene rings is 2. The van der Waals surface area contributed by atoms with E-state index in [1.54, 1.807) is 23.1 Å². The molecular formula is C22H24ClF3N2O4S. The Labute approximate surface area is 195 Å². The third-order valence-corrected chi connectivity index (χ3v) is 6.75. The lowest BCUT2D eigenvalue weighted by atomic mass is 9.90. The SMILES string of the molecule is CS(=O)(=O)c1cccc(C2CCCN(CC(OC(=O)Nc3ccc(Cl)cc3)C(F)(F)F)C2)c1. The first kappa shape index (κ1) is 25.3. The van der Waals surface area contributed by atoms with Crippen molar-refractivity contribution < 1.29 is 31.1 Å². The number of carbonyl (C=O) groups excluding carboxylic acids is 1. The number of halogens is 4. The lowest BCUT2D eigenvalue weighted by Gasteiger charge is -2.35. The van der Waals surface area contributed by atoms with Crippen LogP contribution in [0.2, 0.25) is 5.02 Å². The van der Waals surface area contributed by atoms with E-state index in [1.807, 2.05) is 0 Å². The molecule has 1 aliphatic rings. The van der Waals surface area contributed by atoms with Crippen LogP contribution in [0.5, 0.6) is 0 Å². The third kappa shape index (κ3) is 7.35. The maximum absolute atomic E-state index is 13.6. The molecule has 0 radical (unpaired) electrons. The van der Waals surface area contributed by atoms with Crippen molar-refractivity contribution in [2.24, 2.45) is 0 Å². The van der Waals surface area contributed by atoms with Crippen molar-refractivity contribution in [3.63, 3.8) is 0 Å². The van der Waals surface area contributed by atoms with Gasteiger partial charge in [0, 0.05) is 30.1 Å². The summed E-state index contributed by atoms with van der Waals surface area (Å²) in [6.45, 7) is 0.193. The van der Waals surface area contributed by atoms with Crippen LogP contribution in [0, 0.1) is 0 Å². The molecule has 0 bridgehead atoms. The van der Waals surface area contributed by atoms with Gasteiger partial charge in [0.2, 0.25) is 6.10 Å². The molecular weight excluding hydrogens is 481 g/mol. The number of amides is 1. The largest absolute Gasteiger partial charge is 0.435 e. The van der Waals surface area contributed by atoms with E-state index in [1.165, 1.54) is 30.3 Å². The molecule has 0 aromatic heterocycles. The van der Waals surface area contributed by atoms with E-state index in [0.717, 1.165) is 18.2 Å². The molecule has 0 spiro atoms. The second kappa shape index (κ2) is 10.3. The highest BCUT2D eigenvalue weighted by Crippen LogP contribution is 2.31. The van der Waals surface area contributed by atoms with Gasteiger partial charge >= 0.3 is 12.3 Å². The fraction of sp³-hybridized carbons (Fsp3) is 0.409. The Hall–Kier alpha value is -2.30. The summed E-state index contributed by atoms with van der Waals surface area (Å²) in [7, 11) is -3.39. The van der Waals surface area contributed by atoms with Crippen LogP contribution in [-0.4, -0.2) is 57.6 Å². The summed E-state index contributed by atoms with van der Waals surface area (Å²) in [6.07, 6.45) is -5.81. The zero-order valence-electron chi connectivity index (χ0n) is 17.8. The topological polar surface area (TPSA) is 75.7 Å². The molecule has 2 aromatic carbocycles. The Balaban J connectivity index is 1.66. The predicted octanol–water partition coefficient (Wildman–Crippen LogP) is 5.10. The average Bonchev–Trinajstić information content (AvgIpc) is 2.74. The van der Waals surface area contributed by atoms with Crippen molar-refractivity contribution in [2.45, 2.75) is 35.9 Å². The first-order valence-corrected chi connectivity index (χ1v) is 12.5. The highest BCUT2D eigenvalue weighted by Gasteiger charge is 2.44. The number of hydrogen-bond donors (Lipinski definition) is 1. The fourth-order valence-electron chi connectivity index (χ4n) is 3.74. The zero-order valence-corrected chi connectivity index (χ0v) is 19.4. The summed E-state index contributed by atoms with van der Waals surface area (Å²) < 4.78 is 69.3. The molecule has 3 rings (SSSR count). The van der Waals surface area contributed by atoms with Gasteiger partial charge in [0.05, 0.1) is 4.90 Å². The van der Waals surface area contributed by atoms with Gasteiger partial charge in [-0.15, -0.1) is 0 Å². The van der Waals surface area contributed by atoms with Crippen LogP contribution in [0.4, 0.5) is 23.7 Å². The number of ether oxygens (including phenoxy) is 1. The minimum atomic E-state index is -4.75. The molecule has 2 atom stereocenters. The molecule has 6 nitrogen and oxygen atoms in total. The summed E-state index contributed by atoms with van der Waals surface area (Å²) in [5.74, 6) is -0.128. The molecule has 180 valence electrons. The fourth-order valence-corrected chi connectivity index (χ4v) is 4.55. The van der Waals surface area contributed by atoms with Crippen molar-refractivity contribution in [3.8, 4) is 0 Å². The lowest BCUT2D eigenvalue weighted by Crippen LogP contribution is -2.47. The van der Waals surface area contributed by atoms with Crippen LogP contribution in [-0.2, 0) is 14.6 Å². The average molecular weight is 505 g/mol. The number of hydrogen-bond acceptors (Lipinski definition) is 5. The van der Waals surface area contributed by atoms with Crippen LogP contribution in [0.1, 0.15) is 24.3 Å². The van der Waals surface area contributed by atoms with Crippen LogP contribution < -0.4 is 5.32 Å². The van der Waals surface area contributed by atoms with Crippen LogP contribution >= 0.6 is 11.6 Å². The molecule has 2 unspecified atom stereocenters. The molecule has 11 heteroatoms. The van der Waals surface area contributed by atoms with Gasteiger partial charge in [0.15, 0.2) is 9.84 Å². The Morgan fingerprint density at radius 1 is 1.24 bits per heavy atom. The molecule has 1 amide bonds. The minimum absolute atomic E-state index is 0.128. The van der Waals surface area contributed by atoms with Gasteiger partial charge in [0.1, 0.15) is 0 Å². The summed E-state index contributed by atoms with van der Waals surface area (Å²) in [6, 6.07) is 12.4. The molecule has 1 N–H and O–H groups in total. The smallest absolute Gasteiger partial charge is 0.426 e. The molecule has 1 heterocycles. The van der Waals surface area contributed by atoms with E-state index >= 15 is 0 Å². The summed E-state index contributed by atoms with van der Waals surface area (Å²) in [5.41, 5.74) is 1.02. The minimum Gasteiger partial charge on any atom is -0.435 e. The van der Waals surface area contributed by atoms with Crippen LogP contribution in [0.3, 0.4) is 0 Å². The Kier molecular flexibility index (Phi) is 7.92. The number of likely N-dealkylation sites (tertiary alicyclic amines) is 1. The van der Waals surface area contributed by atoms with E-state index in [9.17, 15) is 26.4 Å². The summed E-state index contributed by atoms with van der Waals surface area (Å²) >= 11 is 5.76. The zero-order chi connectivity index (χ0) is 24.2.